The Kier molecular flexibility index (Phi) is 3.90. The molecule has 0 radical (unpaired) electrons. The lowest BCUT2D eigenvalue weighted by Gasteiger charge is -2.13. The Bertz CT molecular complexity index is 1000. The van der Waals surface area contributed by atoms with Crippen molar-refractivity contribution in [1.82, 2.24) is 4.57 Å². The molecule has 0 saturated heterocycles. The predicted octanol–water partition coefficient (Wildman–Crippen LogP) is 3.82. The first-order chi connectivity index (χ1) is 12.6. The molecule has 6 nitrogen and oxygen atoms in total. The largest absolute Gasteiger partial charge is 0.454 e. The van der Waals surface area contributed by atoms with Crippen LogP contribution in [0.4, 0.5) is 5.69 Å². The number of rotatable bonds is 4. The third-order valence-electron chi connectivity index (χ3n) is 4.21. The summed E-state index contributed by atoms with van der Waals surface area (Å²) in [5.41, 5.74) is 9.19. The van der Waals surface area contributed by atoms with E-state index >= 15 is 0 Å². The van der Waals surface area contributed by atoms with Gasteiger partial charge in [0, 0.05) is 12.1 Å². The van der Waals surface area contributed by atoms with Crippen LogP contribution in [0.5, 0.6) is 23.1 Å². The number of nitrogen functional groups attached to an aromatic ring is 1. The molecule has 2 heterocycles. The summed E-state index contributed by atoms with van der Waals surface area (Å²) in [6.07, 6.45) is 0. The predicted molar refractivity (Wildman–Crippen MR) is 96.5 cm³/mol. The third-order valence-corrected chi connectivity index (χ3v) is 4.21. The Hall–Kier alpha value is -3.59. The zero-order valence-corrected chi connectivity index (χ0v) is 14.2. The van der Waals surface area contributed by atoms with Gasteiger partial charge >= 0.3 is 0 Å². The molecule has 2 N–H and O–H groups in total. The van der Waals surface area contributed by atoms with Crippen molar-refractivity contribution in [2.75, 3.05) is 12.5 Å². The quantitative estimate of drug-likeness (QED) is 0.776. The van der Waals surface area contributed by atoms with Gasteiger partial charge in [-0.3, -0.25) is 4.57 Å². The molecule has 0 spiro atoms. The lowest BCUT2D eigenvalue weighted by molar-refractivity contribution is 0.174. The molecule has 4 rings (SSSR count). The Morgan fingerprint density at radius 2 is 1.88 bits per heavy atom. The van der Waals surface area contributed by atoms with Gasteiger partial charge in [-0.25, -0.2) is 0 Å². The molecule has 130 valence electrons. The lowest BCUT2D eigenvalue weighted by atomic mass is 10.1. The van der Waals surface area contributed by atoms with Crippen LogP contribution in [0.2, 0.25) is 0 Å². The van der Waals surface area contributed by atoms with Crippen molar-refractivity contribution < 1.29 is 14.2 Å². The second-order valence-electron chi connectivity index (χ2n) is 6.09. The number of nitriles is 1. The molecule has 0 atom stereocenters. The van der Waals surface area contributed by atoms with Crippen molar-refractivity contribution >= 4 is 5.69 Å². The summed E-state index contributed by atoms with van der Waals surface area (Å²) in [5.74, 6) is 2.30. The van der Waals surface area contributed by atoms with Crippen molar-refractivity contribution in [2.45, 2.75) is 13.5 Å². The molecule has 2 aromatic carbocycles. The van der Waals surface area contributed by atoms with Gasteiger partial charge in [-0.1, -0.05) is 29.8 Å². The van der Waals surface area contributed by atoms with E-state index in [-0.39, 0.29) is 6.79 Å². The normalized spacial score (nSPS) is 12.0. The molecular weight excluding hydrogens is 330 g/mol. The number of aromatic nitrogens is 1. The van der Waals surface area contributed by atoms with E-state index in [2.05, 4.69) is 6.07 Å². The monoisotopic (exact) mass is 347 g/mol. The zero-order chi connectivity index (χ0) is 18.1. The number of anilines is 1. The molecule has 0 bridgehead atoms. The van der Waals surface area contributed by atoms with Crippen molar-refractivity contribution in [3.63, 3.8) is 0 Å². The molecule has 1 aliphatic rings. The number of hydrogen-bond acceptors (Lipinski definition) is 5. The Morgan fingerprint density at radius 1 is 1.12 bits per heavy atom. The van der Waals surface area contributed by atoms with Crippen LogP contribution in [0.15, 0.2) is 48.5 Å². The van der Waals surface area contributed by atoms with Gasteiger partial charge in [-0.05, 0) is 24.6 Å². The molecular formula is C20H17N3O3. The highest BCUT2D eigenvalue weighted by Gasteiger charge is 2.18. The maximum atomic E-state index is 9.45. The Balaban J connectivity index is 1.68. The van der Waals surface area contributed by atoms with E-state index in [4.69, 9.17) is 19.9 Å². The fourth-order valence-corrected chi connectivity index (χ4v) is 2.84. The molecule has 1 aromatic heterocycles. The first kappa shape index (κ1) is 15.9. The SMILES string of the molecule is Cc1ccc(Cn2c(C#N)cc(N)c2Oc2ccc3c(c2)OCO3)cc1. The van der Waals surface area contributed by atoms with Gasteiger partial charge in [0.25, 0.3) is 0 Å². The van der Waals surface area contributed by atoms with Crippen LogP contribution in [0.25, 0.3) is 0 Å². The minimum atomic E-state index is 0.198. The number of hydrogen-bond donors (Lipinski definition) is 1. The first-order valence-electron chi connectivity index (χ1n) is 8.16. The van der Waals surface area contributed by atoms with E-state index in [0.29, 0.717) is 41.1 Å². The summed E-state index contributed by atoms with van der Waals surface area (Å²) in [6.45, 7) is 2.72. The minimum Gasteiger partial charge on any atom is -0.454 e. The van der Waals surface area contributed by atoms with Crippen molar-refractivity contribution in [3.8, 4) is 29.2 Å². The van der Waals surface area contributed by atoms with Gasteiger partial charge in [0.2, 0.25) is 12.7 Å². The third kappa shape index (κ3) is 2.91. The Labute approximate surface area is 150 Å². The highest BCUT2D eigenvalue weighted by Crippen LogP contribution is 2.38. The number of nitrogens with zero attached hydrogens (tertiary/aromatic N) is 2. The van der Waals surface area contributed by atoms with E-state index in [1.54, 1.807) is 28.8 Å². The molecule has 26 heavy (non-hydrogen) atoms. The minimum absolute atomic E-state index is 0.198. The van der Waals surface area contributed by atoms with Crippen LogP contribution in [0, 0.1) is 18.3 Å². The second kappa shape index (κ2) is 6.37. The van der Waals surface area contributed by atoms with E-state index in [0.717, 1.165) is 5.56 Å². The topological polar surface area (TPSA) is 82.4 Å². The summed E-state index contributed by atoms with van der Waals surface area (Å²) in [7, 11) is 0. The molecule has 3 aromatic rings. The number of ether oxygens (including phenoxy) is 3. The molecule has 0 fully saturated rings. The van der Waals surface area contributed by atoms with Crippen molar-refractivity contribution in [3.05, 3.63) is 65.4 Å². The fraction of sp³-hybridized carbons (Fsp3) is 0.150. The summed E-state index contributed by atoms with van der Waals surface area (Å²) < 4.78 is 18.5. The number of benzene rings is 2. The van der Waals surface area contributed by atoms with Gasteiger partial charge in [0.1, 0.15) is 17.5 Å². The number of fused-ring (bicyclic) bond motifs is 1. The van der Waals surface area contributed by atoms with E-state index in [9.17, 15) is 5.26 Å². The average Bonchev–Trinajstić information content (AvgIpc) is 3.22. The highest BCUT2D eigenvalue weighted by molar-refractivity contribution is 5.57. The van der Waals surface area contributed by atoms with Gasteiger partial charge in [0.05, 0.1) is 12.2 Å². The van der Waals surface area contributed by atoms with E-state index in [1.165, 1.54) is 5.56 Å². The van der Waals surface area contributed by atoms with Crippen LogP contribution >= 0.6 is 0 Å². The zero-order valence-electron chi connectivity index (χ0n) is 14.2. The summed E-state index contributed by atoms with van der Waals surface area (Å²) in [4.78, 5) is 0. The van der Waals surface area contributed by atoms with Gasteiger partial charge in [-0.2, -0.15) is 5.26 Å². The molecule has 0 saturated carbocycles. The maximum Gasteiger partial charge on any atom is 0.231 e. The summed E-state index contributed by atoms with van der Waals surface area (Å²) in [6, 6.07) is 17.2. The van der Waals surface area contributed by atoms with Gasteiger partial charge in [-0.15, -0.1) is 0 Å². The van der Waals surface area contributed by atoms with Crippen molar-refractivity contribution in [2.24, 2.45) is 0 Å². The molecule has 0 aliphatic carbocycles. The summed E-state index contributed by atoms with van der Waals surface area (Å²) in [5, 5.41) is 9.45. The highest BCUT2D eigenvalue weighted by atomic mass is 16.7. The Morgan fingerprint density at radius 3 is 2.65 bits per heavy atom. The summed E-state index contributed by atoms with van der Waals surface area (Å²) >= 11 is 0. The number of nitrogens with two attached hydrogens (primary N) is 1. The van der Waals surface area contributed by atoms with Crippen molar-refractivity contribution in [1.29, 1.82) is 5.26 Å². The molecule has 1 aliphatic heterocycles. The smallest absolute Gasteiger partial charge is 0.231 e. The lowest BCUT2D eigenvalue weighted by Crippen LogP contribution is -2.05. The maximum absolute atomic E-state index is 9.45. The molecule has 0 unspecified atom stereocenters. The number of aryl methyl sites for hydroxylation is 1. The second-order valence-corrected chi connectivity index (χ2v) is 6.09. The average molecular weight is 347 g/mol. The van der Waals surface area contributed by atoms with Crippen LogP contribution in [-0.2, 0) is 6.54 Å². The van der Waals surface area contributed by atoms with Crippen LogP contribution in [-0.4, -0.2) is 11.4 Å². The first-order valence-corrected chi connectivity index (χ1v) is 8.16. The van der Waals surface area contributed by atoms with Gasteiger partial charge < -0.3 is 19.9 Å². The van der Waals surface area contributed by atoms with E-state index in [1.807, 2.05) is 31.2 Å². The van der Waals surface area contributed by atoms with Crippen LogP contribution < -0.4 is 19.9 Å². The van der Waals surface area contributed by atoms with E-state index < -0.39 is 0 Å². The fourth-order valence-electron chi connectivity index (χ4n) is 2.84. The van der Waals surface area contributed by atoms with Gasteiger partial charge in [0.15, 0.2) is 11.5 Å². The van der Waals surface area contributed by atoms with Crippen LogP contribution in [0.1, 0.15) is 16.8 Å². The van der Waals surface area contributed by atoms with Crippen LogP contribution in [0.3, 0.4) is 0 Å². The molecule has 0 amide bonds. The molecule has 6 heteroatoms. The standard InChI is InChI=1S/C20H17N3O3/c1-13-2-4-14(5-3-13)11-23-15(10-21)8-17(22)20(23)26-16-6-7-18-19(9-16)25-12-24-18/h2-9H,11-12,22H2,1H3.